The summed E-state index contributed by atoms with van der Waals surface area (Å²) < 4.78 is 1.73. The predicted octanol–water partition coefficient (Wildman–Crippen LogP) is 2.40. The molecule has 6 heteroatoms. The van der Waals surface area contributed by atoms with Gasteiger partial charge in [0.2, 0.25) is 5.65 Å². The third-order valence-electron chi connectivity index (χ3n) is 2.95. The molecule has 3 aromatic heterocycles. The monoisotopic (exact) mass is 273 g/mol. The van der Waals surface area contributed by atoms with Crippen molar-refractivity contribution in [3.05, 3.63) is 40.5 Å². The highest BCUT2D eigenvalue weighted by Gasteiger charge is 2.06. The average Bonchev–Trinajstić information content (AvgIpc) is 3.08. The van der Waals surface area contributed by atoms with Crippen molar-refractivity contribution < 1.29 is 0 Å². The molecule has 0 spiro atoms. The second-order valence-corrected chi connectivity index (χ2v) is 5.29. The molecule has 0 aliphatic rings. The van der Waals surface area contributed by atoms with Gasteiger partial charge < -0.3 is 5.32 Å². The van der Waals surface area contributed by atoms with Crippen molar-refractivity contribution in [3.8, 4) is 0 Å². The van der Waals surface area contributed by atoms with Gasteiger partial charge in [0.1, 0.15) is 6.33 Å². The van der Waals surface area contributed by atoms with Crippen LogP contribution in [0.4, 0.5) is 5.69 Å². The zero-order chi connectivity index (χ0) is 13.1. The Labute approximate surface area is 115 Å². The van der Waals surface area contributed by atoms with Crippen LogP contribution >= 0.6 is 11.3 Å². The standard InChI is InChI=1S/C13H15N5S/c1-2-10-8-12(13-16-15-9-18(13)17-10)14-6-5-11-4-3-7-19-11/h3-4,7-9,14H,2,5-6H2,1H3. The fraction of sp³-hybridized carbons (Fsp3) is 0.308. The highest BCUT2D eigenvalue weighted by molar-refractivity contribution is 7.09. The molecule has 98 valence electrons. The molecule has 0 aliphatic heterocycles. The van der Waals surface area contributed by atoms with Crippen molar-refractivity contribution in [2.75, 3.05) is 11.9 Å². The molecule has 0 aliphatic carbocycles. The van der Waals surface area contributed by atoms with Gasteiger partial charge in [-0.25, -0.2) is 0 Å². The lowest BCUT2D eigenvalue weighted by Gasteiger charge is -2.08. The lowest BCUT2D eigenvalue weighted by molar-refractivity contribution is 0.856. The molecule has 0 amide bonds. The van der Waals surface area contributed by atoms with Crippen LogP contribution in [-0.4, -0.2) is 26.4 Å². The maximum absolute atomic E-state index is 4.43. The van der Waals surface area contributed by atoms with Gasteiger partial charge in [0.25, 0.3) is 0 Å². The minimum absolute atomic E-state index is 0.781. The Hall–Kier alpha value is -1.95. The molecule has 3 rings (SSSR count). The van der Waals surface area contributed by atoms with Gasteiger partial charge in [-0.15, -0.1) is 21.5 Å². The number of hydrogen-bond acceptors (Lipinski definition) is 5. The van der Waals surface area contributed by atoms with Gasteiger partial charge in [0, 0.05) is 11.4 Å². The molecule has 3 aromatic rings. The van der Waals surface area contributed by atoms with Gasteiger partial charge in [-0.1, -0.05) is 13.0 Å². The molecule has 0 fully saturated rings. The van der Waals surface area contributed by atoms with Crippen molar-refractivity contribution in [2.24, 2.45) is 0 Å². The molecule has 0 aromatic carbocycles. The topological polar surface area (TPSA) is 55.1 Å². The highest BCUT2D eigenvalue weighted by Crippen LogP contribution is 2.16. The van der Waals surface area contributed by atoms with Crippen LogP contribution in [0.25, 0.3) is 5.65 Å². The summed E-state index contributed by atoms with van der Waals surface area (Å²) >= 11 is 1.79. The number of nitrogens with one attached hydrogen (secondary N) is 1. The van der Waals surface area contributed by atoms with Crippen LogP contribution in [0.5, 0.6) is 0 Å². The van der Waals surface area contributed by atoms with Crippen molar-refractivity contribution in [1.29, 1.82) is 0 Å². The molecule has 3 heterocycles. The number of rotatable bonds is 5. The van der Waals surface area contributed by atoms with E-state index < -0.39 is 0 Å². The maximum Gasteiger partial charge on any atom is 0.200 e. The maximum atomic E-state index is 4.43. The average molecular weight is 273 g/mol. The summed E-state index contributed by atoms with van der Waals surface area (Å²) in [5.41, 5.74) is 2.82. The molecular formula is C13H15N5S. The van der Waals surface area contributed by atoms with Crippen LogP contribution in [0, 0.1) is 0 Å². The second kappa shape index (κ2) is 5.36. The summed E-state index contributed by atoms with van der Waals surface area (Å²) in [4.78, 5) is 1.38. The number of anilines is 1. The molecule has 0 saturated heterocycles. The third-order valence-corrected chi connectivity index (χ3v) is 3.88. The Kier molecular flexibility index (Phi) is 3.41. The first-order valence-electron chi connectivity index (χ1n) is 6.33. The van der Waals surface area contributed by atoms with Crippen LogP contribution in [-0.2, 0) is 12.8 Å². The van der Waals surface area contributed by atoms with E-state index in [4.69, 9.17) is 0 Å². The summed E-state index contributed by atoms with van der Waals surface area (Å²) in [5, 5.41) is 18.0. The van der Waals surface area contributed by atoms with Crippen molar-refractivity contribution >= 4 is 22.7 Å². The van der Waals surface area contributed by atoms with E-state index in [2.05, 4.69) is 51.1 Å². The fourth-order valence-corrected chi connectivity index (χ4v) is 2.67. The summed E-state index contributed by atoms with van der Waals surface area (Å²) in [6, 6.07) is 6.29. The van der Waals surface area contributed by atoms with Gasteiger partial charge in [0.15, 0.2) is 0 Å². The first kappa shape index (κ1) is 12.1. The van der Waals surface area contributed by atoms with Crippen LogP contribution in [0.15, 0.2) is 29.9 Å². The van der Waals surface area contributed by atoms with E-state index in [1.54, 1.807) is 22.2 Å². The molecule has 0 bridgehead atoms. The number of aryl methyl sites for hydroxylation is 1. The Morgan fingerprint density at radius 2 is 2.37 bits per heavy atom. The van der Waals surface area contributed by atoms with Gasteiger partial charge in [-0.05, 0) is 30.4 Å². The van der Waals surface area contributed by atoms with E-state index in [1.807, 2.05) is 0 Å². The summed E-state index contributed by atoms with van der Waals surface area (Å²) in [5.74, 6) is 0. The van der Waals surface area contributed by atoms with Gasteiger partial charge in [0.05, 0.1) is 11.4 Å². The van der Waals surface area contributed by atoms with E-state index in [0.29, 0.717) is 0 Å². The zero-order valence-corrected chi connectivity index (χ0v) is 11.5. The fourth-order valence-electron chi connectivity index (χ4n) is 1.96. The third kappa shape index (κ3) is 2.58. The molecule has 0 saturated carbocycles. The smallest absolute Gasteiger partial charge is 0.200 e. The molecule has 0 atom stereocenters. The number of hydrogen-bond donors (Lipinski definition) is 1. The molecule has 1 N–H and O–H groups in total. The number of aromatic nitrogens is 4. The van der Waals surface area contributed by atoms with Crippen molar-refractivity contribution in [1.82, 2.24) is 19.8 Å². The predicted molar refractivity (Wildman–Crippen MR) is 76.7 cm³/mol. The quantitative estimate of drug-likeness (QED) is 0.775. The van der Waals surface area contributed by atoms with E-state index in [1.165, 1.54) is 4.88 Å². The summed E-state index contributed by atoms with van der Waals surface area (Å²) in [6.45, 7) is 2.98. The molecular weight excluding hydrogens is 258 g/mol. The lowest BCUT2D eigenvalue weighted by atomic mass is 10.3. The lowest BCUT2D eigenvalue weighted by Crippen LogP contribution is -2.08. The van der Waals surface area contributed by atoms with Crippen LogP contribution in [0.1, 0.15) is 17.5 Å². The van der Waals surface area contributed by atoms with Crippen LogP contribution < -0.4 is 5.32 Å². The normalized spacial score (nSPS) is 11.0. The number of thiophene rings is 1. The van der Waals surface area contributed by atoms with Crippen LogP contribution in [0.3, 0.4) is 0 Å². The highest BCUT2D eigenvalue weighted by atomic mass is 32.1. The Balaban J connectivity index is 1.77. The molecule has 19 heavy (non-hydrogen) atoms. The van der Waals surface area contributed by atoms with E-state index >= 15 is 0 Å². The van der Waals surface area contributed by atoms with Crippen molar-refractivity contribution in [3.63, 3.8) is 0 Å². The van der Waals surface area contributed by atoms with E-state index in [0.717, 1.165) is 36.4 Å². The van der Waals surface area contributed by atoms with Gasteiger partial charge in [-0.3, -0.25) is 0 Å². The Morgan fingerprint density at radius 1 is 1.42 bits per heavy atom. The molecule has 5 nitrogen and oxygen atoms in total. The molecule has 0 radical (unpaired) electrons. The van der Waals surface area contributed by atoms with E-state index in [9.17, 15) is 0 Å². The summed E-state index contributed by atoms with van der Waals surface area (Å²) in [7, 11) is 0. The van der Waals surface area contributed by atoms with Crippen LogP contribution in [0.2, 0.25) is 0 Å². The first-order valence-corrected chi connectivity index (χ1v) is 7.21. The zero-order valence-electron chi connectivity index (χ0n) is 10.7. The Bertz CT molecular complexity index is 659. The first-order chi connectivity index (χ1) is 9.36. The Morgan fingerprint density at radius 3 is 3.16 bits per heavy atom. The molecule has 0 unspecified atom stereocenters. The van der Waals surface area contributed by atoms with Gasteiger partial charge in [-0.2, -0.15) is 9.61 Å². The summed E-state index contributed by atoms with van der Waals surface area (Å²) in [6.07, 6.45) is 3.55. The number of fused-ring (bicyclic) bond motifs is 1. The second-order valence-electron chi connectivity index (χ2n) is 4.26. The van der Waals surface area contributed by atoms with Crippen molar-refractivity contribution in [2.45, 2.75) is 19.8 Å². The van der Waals surface area contributed by atoms with E-state index in [-0.39, 0.29) is 0 Å². The largest absolute Gasteiger partial charge is 0.382 e. The minimum atomic E-state index is 0.781. The van der Waals surface area contributed by atoms with Gasteiger partial charge >= 0.3 is 0 Å². The number of nitrogens with zero attached hydrogens (tertiary/aromatic N) is 4. The minimum Gasteiger partial charge on any atom is -0.382 e. The SMILES string of the molecule is CCc1cc(NCCc2cccs2)c2nncn2n1.